The van der Waals surface area contributed by atoms with Crippen LogP contribution < -0.4 is 16.0 Å². The molecule has 0 aliphatic rings. The molecule has 1 rings (SSSR count). The highest BCUT2D eigenvalue weighted by Gasteiger charge is 2.15. The fourth-order valence-electron chi connectivity index (χ4n) is 1.38. The van der Waals surface area contributed by atoms with Crippen LogP contribution in [0.5, 0.6) is 5.88 Å². The summed E-state index contributed by atoms with van der Waals surface area (Å²) in [5.74, 6) is 0.182. The van der Waals surface area contributed by atoms with Crippen LogP contribution in [0, 0.1) is 0 Å². The quantitative estimate of drug-likeness (QED) is 0.524. The van der Waals surface area contributed by atoms with E-state index in [0.717, 1.165) is 4.57 Å². The van der Waals surface area contributed by atoms with Gasteiger partial charge in [-0.1, -0.05) is 5.16 Å². The largest absolute Gasteiger partial charge is 0.478 e. The van der Waals surface area contributed by atoms with E-state index >= 15 is 0 Å². The SMILES string of the molecule is CCOc1c(C=NOC)c(=O)n(C)c(=O)n1C. The molecular formula is C10H15N3O4. The van der Waals surface area contributed by atoms with Crippen molar-refractivity contribution in [1.29, 1.82) is 0 Å². The van der Waals surface area contributed by atoms with Crippen molar-refractivity contribution in [2.45, 2.75) is 6.92 Å². The molecule has 1 aromatic rings. The van der Waals surface area contributed by atoms with Crippen molar-refractivity contribution in [2.75, 3.05) is 13.7 Å². The van der Waals surface area contributed by atoms with Crippen molar-refractivity contribution < 1.29 is 9.57 Å². The molecule has 0 fully saturated rings. The van der Waals surface area contributed by atoms with Crippen molar-refractivity contribution in [2.24, 2.45) is 19.3 Å². The highest BCUT2D eigenvalue weighted by molar-refractivity contribution is 5.81. The molecule has 0 aliphatic carbocycles. The Balaban J connectivity index is 3.59. The molecule has 0 spiro atoms. The van der Waals surface area contributed by atoms with Crippen LogP contribution in [0.1, 0.15) is 12.5 Å². The molecule has 1 heterocycles. The Kier molecular flexibility index (Phi) is 4.08. The first kappa shape index (κ1) is 13.0. The maximum atomic E-state index is 11.9. The molecule has 0 aromatic carbocycles. The second-order valence-electron chi connectivity index (χ2n) is 3.27. The first-order valence-electron chi connectivity index (χ1n) is 5.03. The molecule has 0 saturated heterocycles. The highest BCUT2D eigenvalue weighted by Crippen LogP contribution is 2.09. The first-order valence-corrected chi connectivity index (χ1v) is 5.03. The van der Waals surface area contributed by atoms with Gasteiger partial charge in [0.25, 0.3) is 5.56 Å². The number of rotatable bonds is 4. The molecule has 7 nitrogen and oxygen atoms in total. The predicted octanol–water partition coefficient (Wildman–Crippen LogP) is -0.537. The average Bonchev–Trinajstić information content (AvgIpc) is 2.33. The van der Waals surface area contributed by atoms with E-state index in [9.17, 15) is 9.59 Å². The van der Waals surface area contributed by atoms with Gasteiger partial charge in [0.1, 0.15) is 12.7 Å². The Bertz CT molecular complexity index is 542. The molecule has 0 bridgehead atoms. The van der Waals surface area contributed by atoms with E-state index in [2.05, 4.69) is 9.99 Å². The summed E-state index contributed by atoms with van der Waals surface area (Å²) < 4.78 is 7.52. The molecule has 0 radical (unpaired) electrons. The Hall–Kier alpha value is -2.05. The molecule has 17 heavy (non-hydrogen) atoms. The van der Waals surface area contributed by atoms with Gasteiger partial charge in [0.15, 0.2) is 0 Å². The number of ether oxygens (including phenoxy) is 1. The average molecular weight is 241 g/mol. The van der Waals surface area contributed by atoms with Gasteiger partial charge in [-0.25, -0.2) is 4.79 Å². The van der Waals surface area contributed by atoms with Gasteiger partial charge in [0.2, 0.25) is 5.88 Å². The van der Waals surface area contributed by atoms with Gasteiger partial charge in [-0.2, -0.15) is 0 Å². The summed E-state index contributed by atoms with van der Waals surface area (Å²) in [4.78, 5) is 28.1. The molecule has 0 saturated carbocycles. The molecular weight excluding hydrogens is 226 g/mol. The smallest absolute Gasteiger partial charge is 0.333 e. The molecule has 0 atom stereocenters. The second kappa shape index (κ2) is 5.33. The van der Waals surface area contributed by atoms with Crippen LogP contribution in [-0.4, -0.2) is 29.1 Å². The lowest BCUT2D eigenvalue weighted by Crippen LogP contribution is -2.39. The summed E-state index contributed by atoms with van der Waals surface area (Å²) >= 11 is 0. The zero-order valence-corrected chi connectivity index (χ0v) is 10.3. The van der Waals surface area contributed by atoms with Gasteiger partial charge >= 0.3 is 5.69 Å². The van der Waals surface area contributed by atoms with Crippen LogP contribution >= 0.6 is 0 Å². The summed E-state index contributed by atoms with van der Waals surface area (Å²) in [6, 6.07) is 0. The third kappa shape index (κ3) is 2.38. The Morgan fingerprint density at radius 2 is 1.94 bits per heavy atom. The van der Waals surface area contributed by atoms with Crippen LogP contribution in [-0.2, 0) is 18.9 Å². The molecule has 1 aromatic heterocycles. The van der Waals surface area contributed by atoms with Crippen LogP contribution in [0.2, 0.25) is 0 Å². The van der Waals surface area contributed by atoms with E-state index in [1.54, 1.807) is 6.92 Å². The minimum absolute atomic E-state index is 0.179. The summed E-state index contributed by atoms with van der Waals surface area (Å²) in [7, 11) is 4.28. The van der Waals surface area contributed by atoms with Crippen molar-refractivity contribution in [3.05, 3.63) is 26.4 Å². The molecule has 0 N–H and O–H groups in total. The van der Waals surface area contributed by atoms with E-state index in [4.69, 9.17) is 4.74 Å². The number of oxime groups is 1. The molecule has 94 valence electrons. The molecule has 0 amide bonds. The number of nitrogens with zero attached hydrogens (tertiary/aromatic N) is 3. The van der Waals surface area contributed by atoms with Gasteiger partial charge in [-0.05, 0) is 6.92 Å². The van der Waals surface area contributed by atoms with E-state index < -0.39 is 11.2 Å². The Morgan fingerprint density at radius 1 is 1.29 bits per heavy atom. The number of hydrogen-bond acceptors (Lipinski definition) is 5. The maximum Gasteiger partial charge on any atom is 0.333 e. The normalized spacial score (nSPS) is 10.8. The molecule has 0 aliphatic heterocycles. The van der Waals surface area contributed by atoms with Crippen LogP contribution in [0.3, 0.4) is 0 Å². The van der Waals surface area contributed by atoms with E-state index in [1.165, 1.54) is 32.0 Å². The minimum atomic E-state index is -0.475. The number of hydrogen-bond donors (Lipinski definition) is 0. The second-order valence-corrected chi connectivity index (χ2v) is 3.27. The topological polar surface area (TPSA) is 74.8 Å². The lowest BCUT2D eigenvalue weighted by molar-refractivity contribution is 0.215. The summed E-state index contributed by atoms with van der Waals surface area (Å²) in [5, 5.41) is 3.52. The molecule has 7 heteroatoms. The maximum absolute atomic E-state index is 11.9. The number of aromatic nitrogens is 2. The van der Waals surface area contributed by atoms with Gasteiger partial charge < -0.3 is 9.57 Å². The lowest BCUT2D eigenvalue weighted by Gasteiger charge is -2.12. The standard InChI is InChI=1S/C10H15N3O4/c1-5-17-9-7(6-11-16-4)8(14)12(2)10(15)13(9)3/h6H,5H2,1-4H3. The fraction of sp³-hybridized carbons (Fsp3) is 0.500. The van der Waals surface area contributed by atoms with E-state index in [0.29, 0.717) is 6.61 Å². The summed E-state index contributed by atoms with van der Waals surface area (Å²) in [6.45, 7) is 2.10. The van der Waals surface area contributed by atoms with Crippen molar-refractivity contribution in [1.82, 2.24) is 9.13 Å². The zero-order valence-electron chi connectivity index (χ0n) is 10.3. The predicted molar refractivity (Wildman–Crippen MR) is 62.7 cm³/mol. The summed E-state index contributed by atoms with van der Waals surface area (Å²) in [6.07, 6.45) is 1.23. The molecule has 0 unspecified atom stereocenters. The Morgan fingerprint density at radius 3 is 2.47 bits per heavy atom. The lowest BCUT2D eigenvalue weighted by atomic mass is 10.3. The summed E-state index contributed by atoms with van der Waals surface area (Å²) in [5.41, 5.74) is -0.747. The Labute approximate surface area is 97.9 Å². The van der Waals surface area contributed by atoms with Gasteiger partial charge in [0.05, 0.1) is 12.8 Å². The van der Waals surface area contributed by atoms with Crippen molar-refractivity contribution in [3.8, 4) is 5.88 Å². The first-order chi connectivity index (χ1) is 8.04. The van der Waals surface area contributed by atoms with Crippen molar-refractivity contribution >= 4 is 6.21 Å². The third-order valence-electron chi connectivity index (χ3n) is 2.21. The van der Waals surface area contributed by atoms with Gasteiger partial charge in [-0.3, -0.25) is 13.9 Å². The van der Waals surface area contributed by atoms with Gasteiger partial charge in [-0.15, -0.1) is 0 Å². The van der Waals surface area contributed by atoms with Crippen molar-refractivity contribution in [3.63, 3.8) is 0 Å². The third-order valence-corrected chi connectivity index (χ3v) is 2.21. The van der Waals surface area contributed by atoms with Gasteiger partial charge in [0, 0.05) is 14.1 Å². The van der Waals surface area contributed by atoms with Crippen LogP contribution in [0.25, 0.3) is 0 Å². The minimum Gasteiger partial charge on any atom is -0.478 e. The zero-order chi connectivity index (χ0) is 13.0. The van der Waals surface area contributed by atoms with Crippen LogP contribution in [0.4, 0.5) is 0 Å². The van der Waals surface area contributed by atoms with E-state index in [1.807, 2.05) is 0 Å². The monoisotopic (exact) mass is 241 g/mol. The van der Waals surface area contributed by atoms with Crippen LogP contribution in [0.15, 0.2) is 14.7 Å². The highest BCUT2D eigenvalue weighted by atomic mass is 16.6. The van der Waals surface area contributed by atoms with E-state index in [-0.39, 0.29) is 11.4 Å². The fourth-order valence-corrected chi connectivity index (χ4v) is 1.38.